The molecule has 0 radical (unpaired) electrons. The van der Waals surface area contributed by atoms with Crippen LogP contribution >= 0.6 is 11.8 Å². The molecule has 1 N–H and O–H groups in total. The summed E-state index contributed by atoms with van der Waals surface area (Å²) in [6, 6.07) is 15.3. The zero-order chi connectivity index (χ0) is 24.2. The van der Waals surface area contributed by atoms with E-state index in [1.807, 2.05) is 70.2 Å². The SMILES string of the molecule is COc1ccc(-n2nnc(C(=O)Nc3cc(C)cc(C)c3)c2CSc2nc(C)cc(C)n2)cc1. The van der Waals surface area contributed by atoms with E-state index in [2.05, 4.69) is 31.7 Å². The van der Waals surface area contributed by atoms with Crippen LogP contribution in [0.5, 0.6) is 5.75 Å². The van der Waals surface area contributed by atoms with Gasteiger partial charge in [0.2, 0.25) is 0 Å². The van der Waals surface area contributed by atoms with E-state index in [0.29, 0.717) is 16.6 Å². The molecule has 4 rings (SSSR count). The van der Waals surface area contributed by atoms with Crippen molar-refractivity contribution in [2.24, 2.45) is 0 Å². The van der Waals surface area contributed by atoms with E-state index >= 15 is 0 Å². The Morgan fingerprint density at radius 3 is 2.24 bits per heavy atom. The number of ether oxygens (including phenoxy) is 1. The summed E-state index contributed by atoms with van der Waals surface area (Å²) in [4.78, 5) is 22.2. The van der Waals surface area contributed by atoms with Crippen LogP contribution in [-0.2, 0) is 5.75 Å². The van der Waals surface area contributed by atoms with Crippen molar-refractivity contribution in [2.75, 3.05) is 12.4 Å². The highest BCUT2D eigenvalue weighted by Crippen LogP contribution is 2.25. The van der Waals surface area contributed by atoms with Crippen molar-refractivity contribution >= 4 is 23.4 Å². The minimum Gasteiger partial charge on any atom is -0.497 e. The molecule has 0 fully saturated rings. The van der Waals surface area contributed by atoms with Gasteiger partial charge in [-0.2, -0.15) is 0 Å². The van der Waals surface area contributed by atoms with E-state index in [1.165, 1.54) is 11.8 Å². The van der Waals surface area contributed by atoms with Crippen molar-refractivity contribution in [3.63, 3.8) is 0 Å². The van der Waals surface area contributed by atoms with Crippen LogP contribution in [0.4, 0.5) is 5.69 Å². The Bertz CT molecular complexity index is 1290. The van der Waals surface area contributed by atoms with E-state index in [9.17, 15) is 4.79 Å². The fourth-order valence-electron chi connectivity index (χ4n) is 3.67. The van der Waals surface area contributed by atoms with Crippen LogP contribution in [-0.4, -0.2) is 38.0 Å². The molecular formula is C25H26N6O2S. The number of aromatic nitrogens is 5. The second kappa shape index (κ2) is 10.0. The highest BCUT2D eigenvalue weighted by molar-refractivity contribution is 7.98. The second-order valence-electron chi connectivity index (χ2n) is 8.05. The molecule has 174 valence electrons. The fourth-order valence-corrected chi connectivity index (χ4v) is 4.61. The molecule has 0 saturated carbocycles. The molecule has 0 atom stereocenters. The van der Waals surface area contributed by atoms with Crippen LogP contribution in [0.1, 0.15) is 38.7 Å². The number of methoxy groups -OCH3 is 1. The number of aryl methyl sites for hydroxylation is 4. The normalized spacial score (nSPS) is 10.9. The largest absolute Gasteiger partial charge is 0.497 e. The summed E-state index contributed by atoms with van der Waals surface area (Å²) in [5.74, 6) is 0.829. The summed E-state index contributed by atoms with van der Waals surface area (Å²) in [7, 11) is 1.62. The minimum atomic E-state index is -0.318. The van der Waals surface area contributed by atoms with E-state index in [4.69, 9.17) is 4.74 Å². The van der Waals surface area contributed by atoms with Gasteiger partial charge in [0.1, 0.15) is 5.75 Å². The molecule has 4 aromatic rings. The molecule has 2 heterocycles. The Kier molecular flexibility index (Phi) is 6.93. The van der Waals surface area contributed by atoms with Crippen LogP contribution in [0.15, 0.2) is 53.7 Å². The van der Waals surface area contributed by atoms with Crippen LogP contribution in [0.2, 0.25) is 0 Å². The maximum atomic E-state index is 13.2. The average molecular weight is 475 g/mol. The highest BCUT2D eigenvalue weighted by atomic mass is 32.2. The van der Waals surface area contributed by atoms with Gasteiger partial charge in [0.15, 0.2) is 10.9 Å². The first-order chi connectivity index (χ1) is 16.3. The molecule has 0 aliphatic carbocycles. The Morgan fingerprint density at radius 2 is 1.62 bits per heavy atom. The maximum Gasteiger partial charge on any atom is 0.278 e. The van der Waals surface area contributed by atoms with Gasteiger partial charge >= 0.3 is 0 Å². The van der Waals surface area contributed by atoms with Gasteiger partial charge < -0.3 is 10.1 Å². The monoisotopic (exact) mass is 474 g/mol. The van der Waals surface area contributed by atoms with Gasteiger partial charge in [-0.05, 0) is 81.3 Å². The molecule has 2 aromatic carbocycles. The molecule has 0 saturated heterocycles. The average Bonchev–Trinajstić information content (AvgIpc) is 3.20. The standard InChI is InChI=1S/C25H26N6O2S/c1-15-10-16(2)12-19(11-15)28-24(32)23-22(14-34-25-26-17(3)13-18(4)27-25)31(30-29-23)20-6-8-21(33-5)9-7-20/h6-13H,14H2,1-5H3,(H,28,32). The quantitative estimate of drug-likeness (QED) is 0.302. The van der Waals surface area contributed by atoms with Crippen LogP contribution in [0.25, 0.3) is 5.69 Å². The summed E-state index contributed by atoms with van der Waals surface area (Å²) < 4.78 is 6.93. The van der Waals surface area contributed by atoms with Gasteiger partial charge in [-0.1, -0.05) is 23.0 Å². The highest BCUT2D eigenvalue weighted by Gasteiger charge is 2.22. The number of hydrogen-bond acceptors (Lipinski definition) is 7. The first-order valence-corrected chi connectivity index (χ1v) is 11.7. The molecule has 1 amide bonds. The zero-order valence-electron chi connectivity index (χ0n) is 19.8. The summed E-state index contributed by atoms with van der Waals surface area (Å²) in [5, 5.41) is 12.1. The number of hydrogen-bond donors (Lipinski definition) is 1. The summed E-state index contributed by atoms with van der Waals surface area (Å²) in [6.07, 6.45) is 0. The number of benzene rings is 2. The van der Waals surface area contributed by atoms with Gasteiger partial charge in [-0.15, -0.1) is 5.10 Å². The molecule has 34 heavy (non-hydrogen) atoms. The van der Waals surface area contributed by atoms with Crippen molar-refractivity contribution < 1.29 is 9.53 Å². The molecule has 9 heteroatoms. The summed E-state index contributed by atoms with van der Waals surface area (Å²) >= 11 is 1.44. The Hall–Kier alpha value is -3.72. The lowest BCUT2D eigenvalue weighted by Crippen LogP contribution is -2.15. The van der Waals surface area contributed by atoms with Gasteiger partial charge in [-0.3, -0.25) is 4.79 Å². The third-order valence-corrected chi connectivity index (χ3v) is 5.93. The lowest BCUT2D eigenvalue weighted by atomic mass is 10.1. The van der Waals surface area contributed by atoms with Crippen molar-refractivity contribution in [3.8, 4) is 11.4 Å². The summed E-state index contributed by atoms with van der Waals surface area (Å²) in [5.41, 5.74) is 6.33. The first-order valence-electron chi connectivity index (χ1n) is 10.8. The van der Waals surface area contributed by atoms with Gasteiger partial charge in [-0.25, -0.2) is 14.6 Å². The predicted molar refractivity (Wildman–Crippen MR) is 133 cm³/mol. The third-order valence-electron chi connectivity index (χ3n) is 5.07. The molecule has 0 aliphatic rings. The van der Waals surface area contributed by atoms with Crippen LogP contribution in [0.3, 0.4) is 0 Å². The van der Waals surface area contributed by atoms with Gasteiger partial charge in [0.25, 0.3) is 5.91 Å². The first kappa shape index (κ1) is 23.4. The van der Waals surface area contributed by atoms with E-state index in [-0.39, 0.29) is 11.6 Å². The smallest absolute Gasteiger partial charge is 0.278 e. The maximum absolute atomic E-state index is 13.2. The topological polar surface area (TPSA) is 94.8 Å². The lowest BCUT2D eigenvalue weighted by molar-refractivity contribution is 0.102. The lowest BCUT2D eigenvalue weighted by Gasteiger charge is -2.10. The molecular weight excluding hydrogens is 448 g/mol. The number of carbonyl (C=O) groups is 1. The van der Waals surface area contributed by atoms with Crippen LogP contribution in [0, 0.1) is 27.7 Å². The van der Waals surface area contributed by atoms with Crippen LogP contribution < -0.4 is 10.1 Å². The number of anilines is 1. The van der Waals surface area contributed by atoms with Gasteiger partial charge in [0.05, 0.1) is 18.5 Å². The molecule has 0 aliphatic heterocycles. The molecule has 0 unspecified atom stereocenters. The Morgan fingerprint density at radius 1 is 0.971 bits per heavy atom. The van der Waals surface area contributed by atoms with E-state index in [1.54, 1.807) is 11.8 Å². The number of thioether (sulfide) groups is 1. The number of nitrogens with zero attached hydrogens (tertiary/aromatic N) is 5. The van der Waals surface area contributed by atoms with E-state index < -0.39 is 0 Å². The Labute approximate surface area is 202 Å². The van der Waals surface area contributed by atoms with Crippen molar-refractivity contribution in [1.29, 1.82) is 0 Å². The fraction of sp³-hybridized carbons (Fsp3) is 0.240. The number of rotatable bonds is 7. The minimum absolute atomic E-state index is 0.256. The third kappa shape index (κ3) is 5.43. The van der Waals surface area contributed by atoms with E-state index in [0.717, 1.165) is 39.6 Å². The molecule has 0 spiro atoms. The number of carbonyl (C=O) groups excluding carboxylic acids is 1. The van der Waals surface area contributed by atoms with Crippen molar-refractivity contribution in [2.45, 2.75) is 38.6 Å². The second-order valence-corrected chi connectivity index (χ2v) is 8.99. The summed E-state index contributed by atoms with van der Waals surface area (Å²) in [6.45, 7) is 7.86. The number of nitrogens with one attached hydrogen (secondary N) is 1. The molecule has 8 nitrogen and oxygen atoms in total. The number of amides is 1. The zero-order valence-corrected chi connectivity index (χ0v) is 20.6. The molecule has 0 bridgehead atoms. The van der Waals surface area contributed by atoms with Crippen molar-refractivity contribution in [3.05, 3.63) is 82.4 Å². The van der Waals surface area contributed by atoms with Gasteiger partial charge in [0, 0.05) is 22.8 Å². The van der Waals surface area contributed by atoms with Crippen molar-refractivity contribution in [1.82, 2.24) is 25.0 Å². The molecule has 2 aromatic heterocycles. The predicted octanol–water partition coefficient (Wildman–Crippen LogP) is 4.84. The Balaban J connectivity index is 1.68.